The van der Waals surface area contributed by atoms with E-state index in [1.165, 1.54) is 66.4 Å². The standard InChI is InChI=1S/C41H28O/c1-2-14-29(15-3-1)41(36-22-9-5-17-31(36)32-18-6-10-23-37(32)41)35-21-8-4-16-30(35)28-25-27-13-12-20-34-33-19-7-11-24-38(33)42-39(26-28)40(27)34/h1-6,8-18,20-26H,7,19H2. The molecule has 198 valence electrons. The van der Waals surface area contributed by atoms with Crippen LogP contribution in [0.15, 0.2) is 151 Å². The Bertz CT molecular complexity index is 2070. The van der Waals surface area contributed by atoms with Gasteiger partial charge in [0.15, 0.2) is 0 Å². The van der Waals surface area contributed by atoms with Crippen LogP contribution in [-0.2, 0) is 5.41 Å². The van der Waals surface area contributed by atoms with Gasteiger partial charge in [0.05, 0.1) is 5.41 Å². The number of hydrogen-bond donors (Lipinski definition) is 0. The Hall–Kier alpha value is -5.14. The lowest BCUT2D eigenvalue weighted by molar-refractivity contribution is 0.444. The maximum atomic E-state index is 6.65. The van der Waals surface area contributed by atoms with Crippen LogP contribution in [-0.4, -0.2) is 0 Å². The van der Waals surface area contributed by atoms with Crippen molar-refractivity contribution in [3.63, 3.8) is 0 Å². The molecule has 0 saturated heterocycles. The van der Waals surface area contributed by atoms with E-state index >= 15 is 0 Å². The zero-order chi connectivity index (χ0) is 27.7. The van der Waals surface area contributed by atoms with Gasteiger partial charge in [0.1, 0.15) is 11.5 Å². The second-order valence-electron chi connectivity index (χ2n) is 11.5. The number of rotatable bonds is 3. The third-order valence-corrected chi connectivity index (χ3v) is 9.41. The molecular weight excluding hydrogens is 508 g/mol. The first-order chi connectivity index (χ1) is 20.8. The molecule has 0 aromatic heterocycles. The molecule has 0 atom stereocenters. The summed E-state index contributed by atoms with van der Waals surface area (Å²) < 4.78 is 6.65. The van der Waals surface area contributed by atoms with E-state index in [-0.39, 0.29) is 0 Å². The summed E-state index contributed by atoms with van der Waals surface area (Å²) in [5, 5.41) is 2.44. The quantitative estimate of drug-likeness (QED) is 0.218. The third-order valence-electron chi connectivity index (χ3n) is 9.41. The first-order valence-corrected chi connectivity index (χ1v) is 14.8. The number of ether oxygens (including phenoxy) is 1. The Morgan fingerprint density at radius 3 is 1.90 bits per heavy atom. The smallest absolute Gasteiger partial charge is 0.136 e. The minimum atomic E-state index is -0.457. The van der Waals surface area contributed by atoms with Gasteiger partial charge >= 0.3 is 0 Å². The van der Waals surface area contributed by atoms with Gasteiger partial charge in [-0.15, -0.1) is 0 Å². The molecule has 1 aliphatic heterocycles. The fourth-order valence-electron chi connectivity index (χ4n) is 7.74. The second-order valence-corrected chi connectivity index (χ2v) is 11.5. The van der Waals surface area contributed by atoms with Crippen LogP contribution in [0.3, 0.4) is 0 Å². The van der Waals surface area contributed by atoms with E-state index in [0.717, 1.165) is 24.4 Å². The summed E-state index contributed by atoms with van der Waals surface area (Å²) in [5.41, 5.74) is 12.4. The van der Waals surface area contributed by atoms with E-state index in [4.69, 9.17) is 4.74 Å². The molecule has 0 radical (unpaired) electrons. The van der Waals surface area contributed by atoms with Gasteiger partial charge in [-0.1, -0.05) is 127 Å². The maximum absolute atomic E-state index is 6.65. The molecule has 0 spiro atoms. The molecule has 0 saturated carbocycles. The van der Waals surface area contributed by atoms with Crippen LogP contribution < -0.4 is 4.74 Å². The van der Waals surface area contributed by atoms with Crippen molar-refractivity contribution < 1.29 is 4.74 Å². The summed E-state index contributed by atoms with van der Waals surface area (Å²) in [4.78, 5) is 0. The van der Waals surface area contributed by atoms with Gasteiger partial charge < -0.3 is 4.74 Å². The van der Waals surface area contributed by atoms with Crippen molar-refractivity contribution >= 4 is 16.3 Å². The number of allylic oxidation sites excluding steroid dienone is 3. The lowest BCUT2D eigenvalue weighted by Gasteiger charge is -2.35. The highest BCUT2D eigenvalue weighted by Gasteiger charge is 2.47. The van der Waals surface area contributed by atoms with E-state index in [2.05, 4.69) is 146 Å². The van der Waals surface area contributed by atoms with E-state index < -0.39 is 5.41 Å². The summed E-state index contributed by atoms with van der Waals surface area (Å²) >= 11 is 0. The van der Waals surface area contributed by atoms with Crippen molar-refractivity contribution in [2.75, 3.05) is 0 Å². The lowest BCUT2D eigenvalue weighted by Crippen LogP contribution is -2.29. The molecule has 1 heteroatoms. The van der Waals surface area contributed by atoms with Crippen LogP contribution in [0.2, 0.25) is 0 Å². The second kappa shape index (κ2) is 8.93. The average Bonchev–Trinajstić information content (AvgIpc) is 3.36. The highest BCUT2D eigenvalue weighted by Crippen LogP contribution is 2.58. The Morgan fingerprint density at radius 2 is 1.17 bits per heavy atom. The molecule has 0 fully saturated rings. The van der Waals surface area contributed by atoms with E-state index in [1.807, 2.05) is 0 Å². The SMILES string of the molecule is C1=CC2=C(CC1)c1cccc3cc(-c4ccccc4C4(c5ccccc5)c5ccccc5-c5ccccc54)cc(c13)O2. The van der Waals surface area contributed by atoms with Gasteiger partial charge in [0.25, 0.3) is 0 Å². The van der Waals surface area contributed by atoms with Gasteiger partial charge in [0.2, 0.25) is 0 Å². The first kappa shape index (κ1) is 23.6. The van der Waals surface area contributed by atoms with Gasteiger partial charge in [-0.05, 0) is 86.5 Å². The molecule has 0 bridgehead atoms. The van der Waals surface area contributed by atoms with Crippen LogP contribution in [0.5, 0.6) is 5.75 Å². The Kier molecular flexibility index (Phi) is 5.01. The van der Waals surface area contributed by atoms with E-state index in [1.54, 1.807) is 0 Å². The fraction of sp³-hybridized carbons (Fsp3) is 0.0732. The predicted molar refractivity (Wildman–Crippen MR) is 173 cm³/mol. The maximum Gasteiger partial charge on any atom is 0.136 e. The monoisotopic (exact) mass is 536 g/mol. The predicted octanol–water partition coefficient (Wildman–Crippen LogP) is 10.3. The van der Waals surface area contributed by atoms with Crippen molar-refractivity contribution in [3.8, 4) is 28.0 Å². The number of benzene rings is 6. The summed E-state index contributed by atoms with van der Waals surface area (Å²) in [7, 11) is 0. The van der Waals surface area contributed by atoms with Gasteiger partial charge in [-0.25, -0.2) is 0 Å². The fourth-order valence-corrected chi connectivity index (χ4v) is 7.74. The largest absolute Gasteiger partial charge is 0.456 e. The van der Waals surface area contributed by atoms with Crippen molar-refractivity contribution in [1.82, 2.24) is 0 Å². The van der Waals surface area contributed by atoms with Gasteiger partial charge in [-0.2, -0.15) is 0 Å². The zero-order valence-corrected chi connectivity index (χ0v) is 23.2. The Balaban J connectivity index is 1.35. The summed E-state index contributed by atoms with van der Waals surface area (Å²) in [6.07, 6.45) is 6.46. The molecule has 1 nitrogen and oxygen atoms in total. The molecule has 6 aromatic rings. The minimum Gasteiger partial charge on any atom is -0.456 e. The van der Waals surface area contributed by atoms with E-state index in [9.17, 15) is 0 Å². The van der Waals surface area contributed by atoms with Crippen LogP contribution in [0.4, 0.5) is 0 Å². The summed E-state index contributed by atoms with van der Waals surface area (Å²) in [6, 6.07) is 49.2. The summed E-state index contributed by atoms with van der Waals surface area (Å²) in [5.74, 6) is 1.94. The Labute approximate surface area is 246 Å². The van der Waals surface area contributed by atoms with Crippen LogP contribution in [0.1, 0.15) is 40.7 Å². The Morgan fingerprint density at radius 1 is 0.548 bits per heavy atom. The molecule has 0 amide bonds. The number of hydrogen-bond acceptors (Lipinski definition) is 1. The van der Waals surface area contributed by atoms with Crippen LogP contribution in [0, 0.1) is 0 Å². The van der Waals surface area contributed by atoms with Crippen molar-refractivity contribution in [1.29, 1.82) is 0 Å². The van der Waals surface area contributed by atoms with E-state index in [0.29, 0.717) is 0 Å². The lowest BCUT2D eigenvalue weighted by atomic mass is 9.66. The molecule has 9 rings (SSSR count). The molecule has 0 unspecified atom stereocenters. The molecule has 3 aliphatic rings. The average molecular weight is 537 g/mol. The third kappa shape index (κ3) is 3.14. The number of fused-ring (bicyclic) bond motifs is 4. The van der Waals surface area contributed by atoms with Gasteiger partial charge in [0, 0.05) is 11.0 Å². The van der Waals surface area contributed by atoms with Crippen molar-refractivity contribution in [3.05, 3.63) is 179 Å². The molecule has 1 heterocycles. The van der Waals surface area contributed by atoms with Crippen LogP contribution >= 0.6 is 0 Å². The van der Waals surface area contributed by atoms with Gasteiger partial charge in [-0.3, -0.25) is 0 Å². The van der Waals surface area contributed by atoms with Crippen molar-refractivity contribution in [2.45, 2.75) is 18.3 Å². The van der Waals surface area contributed by atoms with Crippen LogP contribution in [0.25, 0.3) is 38.6 Å². The first-order valence-electron chi connectivity index (χ1n) is 14.8. The highest BCUT2D eigenvalue weighted by molar-refractivity contribution is 6.03. The zero-order valence-electron chi connectivity index (χ0n) is 23.2. The minimum absolute atomic E-state index is 0.457. The normalized spacial score (nSPS) is 15.6. The van der Waals surface area contributed by atoms with Crippen molar-refractivity contribution in [2.24, 2.45) is 0 Å². The molecule has 6 aromatic carbocycles. The molecule has 2 aliphatic carbocycles. The topological polar surface area (TPSA) is 9.23 Å². The molecule has 42 heavy (non-hydrogen) atoms. The molecular formula is C41H28O. The highest BCUT2D eigenvalue weighted by atomic mass is 16.5. The molecule has 0 N–H and O–H groups in total. The summed E-state index contributed by atoms with van der Waals surface area (Å²) in [6.45, 7) is 0.